The lowest BCUT2D eigenvalue weighted by Crippen LogP contribution is -2.19. The lowest BCUT2D eigenvalue weighted by molar-refractivity contribution is 0.625. The summed E-state index contributed by atoms with van der Waals surface area (Å²) in [5.74, 6) is -0.212. The van der Waals surface area contributed by atoms with E-state index in [0.717, 1.165) is 22.1 Å². The van der Waals surface area contributed by atoms with Gasteiger partial charge in [-0.2, -0.15) is 0 Å². The molecule has 2 N–H and O–H groups in total. The number of hydrogen-bond donors (Lipinski definition) is 1. The summed E-state index contributed by atoms with van der Waals surface area (Å²) in [6, 6.07) is 12.9. The molecule has 0 atom stereocenters. The van der Waals surface area contributed by atoms with Crippen molar-refractivity contribution in [3.63, 3.8) is 0 Å². The Morgan fingerprint density at radius 1 is 1.15 bits per heavy atom. The number of halogens is 2. The summed E-state index contributed by atoms with van der Waals surface area (Å²) in [5.41, 5.74) is 8.40. The van der Waals surface area contributed by atoms with E-state index in [4.69, 9.17) is 5.73 Å². The van der Waals surface area contributed by atoms with Gasteiger partial charge < -0.3 is 10.6 Å². The summed E-state index contributed by atoms with van der Waals surface area (Å²) >= 11 is 3.47. The van der Waals surface area contributed by atoms with Crippen LogP contribution >= 0.6 is 15.9 Å². The molecule has 0 spiro atoms. The van der Waals surface area contributed by atoms with Crippen LogP contribution in [0, 0.1) is 5.82 Å². The van der Waals surface area contributed by atoms with Crippen molar-refractivity contribution in [2.24, 2.45) is 5.73 Å². The Hall–Kier alpha value is -1.39. The van der Waals surface area contributed by atoms with Crippen LogP contribution in [-0.4, -0.2) is 13.1 Å². The van der Waals surface area contributed by atoms with E-state index in [1.807, 2.05) is 36.1 Å². The van der Waals surface area contributed by atoms with Gasteiger partial charge in [-0.3, -0.25) is 0 Å². The van der Waals surface area contributed by atoms with Crippen LogP contribution in [0.15, 0.2) is 46.9 Å². The van der Waals surface area contributed by atoms with Crippen molar-refractivity contribution in [1.29, 1.82) is 0 Å². The van der Waals surface area contributed by atoms with E-state index in [0.29, 0.717) is 18.8 Å². The normalized spacial score (nSPS) is 10.6. The van der Waals surface area contributed by atoms with Gasteiger partial charge in [-0.25, -0.2) is 4.39 Å². The number of nitrogens with zero attached hydrogens (tertiary/aromatic N) is 1. The molecule has 2 nitrogen and oxygen atoms in total. The van der Waals surface area contributed by atoms with Gasteiger partial charge in [0.1, 0.15) is 5.82 Å². The Balaban J connectivity index is 2.49. The highest BCUT2D eigenvalue weighted by atomic mass is 79.9. The second-order valence-electron chi connectivity index (χ2n) is 4.51. The molecular weight excluding hydrogens is 319 g/mol. The maximum absolute atomic E-state index is 14.0. The van der Waals surface area contributed by atoms with Crippen LogP contribution in [0.4, 0.5) is 15.8 Å². The summed E-state index contributed by atoms with van der Waals surface area (Å²) in [7, 11) is 0. The minimum Gasteiger partial charge on any atom is -0.339 e. The van der Waals surface area contributed by atoms with Crippen LogP contribution in [0.5, 0.6) is 0 Å². The Morgan fingerprint density at radius 3 is 2.55 bits per heavy atom. The average molecular weight is 337 g/mol. The molecule has 2 aromatic rings. The van der Waals surface area contributed by atoms with E-state index in [1.165, 1.54) is 6.07 Å². The molecule has 2 aromatic carbocycles. The predicted octanol–water partition coefficient (Wildman–Crippen LogP) is 4.25. The topological polar surface area (TPSA) is 29.3 Å². The Morgan fingerprint density at radius 2 is 1.90 bits per heavy atom. The second kappa shape index (κ2) is 6.86. The van der Waals surface area contributed by atoms with Gasteiger partial charge >= 0.3 is 0 Å². The zero-order chi connectivity index (χ0) is 14.5. The first-order valence-corrected chi connectivity index (χ1v) is 7.47. The molecule has 20 heavy (non-hydrogen) atoms. The summed E-state index contributed by atoms with van der Waals surface area (Å²) in [6.45, 7) is 3.28. The third-order valence-corrected chi connectivity index (χ3v) is 3.70. The molecule has 0 saturated carbocycles. The summed E-state index contributed by atoms with van der Waals surface area (Å²) in [6.07, 6.45) is 0.764. The maximum Gasteiger partial charge on any atom is 0.146 e. The lowest BCUT2D eigenvalue weighted by atomic mass is 10.1. The molecule has 0 saturated heterocycles. The fourth-order valence-corrected chi connectivity index (χ4v) is 2.72. The molecule has 2 rings (SSSR count). The standard InChI is InChI=1S/C16H18BrFN2/c1-2-20(16-6-4-3-5-14(16)18)15-8-7-13(17)11-12(15)9-10-19/h3-8,11H,2,9-10,19H2,1H3. The Kier molecular flexibility index (Phi) is 5.15. The molecule has 0 aliphatic rings. The number of hydrogen-bond acceptors (Lipinski definition) is 2. The number of benzene rings is 2. The SMILES string of the molecule is CCN(c1ccccc1F)c1ccc(Br)cc1CCN. The van der Waals surface area contributed by atoms with Crippen molar-refractivity contribution in [1.82, 2.24) is 0 Å². The zero-order valence-corrected chi connectivity index (χ0v) is 13.0. The number of nitrogens with two attached hydrogens (primary N) is 1. The number of para-hydroxylation sites is 1. The molecule has 0 amide bonds. The van der Waals surface area contributed by atoms with Crippen LogP contribution in [-0.2, 0) is 6.42 Å². The maximum atomic E-state index is 14.0. The molecule has 0 unspecified atom stereocenters. The van der Waals surface area contributed by atoms with E-state index in [9.17, 15) is 4.39 Å². The third kappa shape index (κ3) is 3.19. The monoisotopic (exact) mass is 336 g/mol. The largest absolute Gasteiger partial charge is 0.339 e. The molecule has 0 heterocycles. The average Bonchev–Trinajstić information content (AvgIpc) is 2.44. The highest BCUT2D eigenvalue weighted by molar-refractivity contribution is 9.10. The van der Waals surface area contributed by atoms with Gasteiger partial charge in [-0.1, -0.05) is 28.1 Å². The molecule has 0 aliphatic carbocycles. The highest BCUT2D eigenvalue weighted by Gasteiger charge is 2.14. The van der Waals surface area contributed by atoms with Crippen LogP contribution in [0.1, 0.15) is 12.5 Å². The first kappa shape index (κ1) is 15.0. The van der Waals surface area contributed by atoms with Gasteiger partial charge in [0.05, 0.1) is 5.69 Å². The van der Waals surface area contributed by atoms with Crippen molar-refractivity contribution >= 4 is 27.3 Å². The molecule has 0 aliphatic heterocycles. The first-order valence-electron chi connectivity index (χ1n) is 6.68. The Labute approximate surface area is 127 Å². The fraction of sp³-hybridized carbons (Fsp3) is 0.250. The van der Waals surface area contributed by atoms with Crippen molar-refractivity contribution in [3.8, 4) is 0 Å². The molecular formula is C16H18BrFN2. The van der Waals surface area contributed by atoms with E-state index in [1.54, 1.807) is 12.1 Å². The van der Waals surface area contributed by atoms with E-state index < -0.39 is 0 Å². The van der Waals surface area contributed by atoms with Crippen molar-refractivity contribution < 1.29 is 4.39 Å². The summed E-state index contributed by atoms with van der Waals surface area (Å²) in [4.78, 5) is 1.98. The summed E-state index contributed by atoms with van der Waals surface area (Å²) in [5, 5.41) is 0. The van der Waals surface area contributed by atoms with Gasteiger partial charge in [0.15, 0.2) is 0 Å². The predicted molar refractivity (Wildman–Crippen MR) is 86.0 cm³/mol. The minimum atomic E-state index is -0.212. The van der Waals surface area contributed by atoms with E-state index in [2.05, 4.69) is 15.9 Å². The van der Waals surface area contributed by atoms with Gasteiger partial charge in [-0.15, -0.1) is 0 Å². The molecule has 0 radical (unpaired) electrons. The smallest absolute Gasteiger partial charge is 0.146 e. The Bertz CT molecular complexity index is 586. The molecule has 0 bridgehead atoms. The van der Waals surface area contributed by atoms with Crippen molar-refractivity contribution in [3.05, 3.63) is 58.3 Å². The zero-order valence-electron chi connectivity index (χ0n) is 11.4. The molecule has 0 aromatic heterocycles. The minimum absolute atomic E-state index is 0.212. The number of anilines is 2. The third-order valence-electron chi connectivity index (χ3n) is 3.21. The highest BCUT2D eigenvalue weighted by Crippen LogP contribution is 2.32. The van der Waals surface area contributed by atoms with Gasteiger partial charge in [-0.05, 0) is 55.8 Å². The van der Waals surface area contributed by atoms with Gasteiger partial charge in [0.2, 0.25) is 0 Å². The second-order valence-corrected chi connectivity index (χ2v) is 5.42. The lowest BCUT2D eigenvalue weighted by Gasteiger charge is -2.26. The molecule has 0 fully saturated rings. The van der Waals surface area contributed by atoms with Crippen LogP contribution in [0.25, 0.3) is 0 Å². The quantitative estimate of drug-likeness (QED) is 0.884. The number of rotatable bonds is 5. The first-order chi connectivity index (χ1) is 9.67. The van der Waals surface area contributed by atoms with Crippen LogP contribution < -0.4 is 10.6 Å². The van der Waals surface area contributed by atoms with Crippen LogP contribution in [0.2, 0.25) is 0 Å². The fourth-order valence-electron chi connectivity index (χ4n) is 2.31. The van der Waals surface area contributed by atoms with Crippen molar-refractivity contribution in [2.45, 2.75) is 13.3 Å². The molecule has 4 heteroatoms. The van der Waals surface area contributed by atoms with Gasteiger partial charge in [0.25, 0.3) is 0 Å². The molecule has 106 valence electrons. The summed E-state index contributed by atoms with van der Waals surface area (Å²) < 4.78 is 15.0. The van der Waals surface area contributed by atoms with Gasteiger partial charge in [0, 0.05) is 16.7 Å². The van der Waals surface area contributed by atoms with E-state index >= 15 is 0 Å². The van der Waals surface area contributed by atoms with E-state index in [-0.39, 0.29) is 5.82 Å². The van der Waals surface area contributed by atoms with Crippen LogP contribution in [0.3, 0.4) is 0 Å². The van der Waals surface area contributed by atoms with Crippen molar-refractivity contribution in [2.75, 3.05) is 18.0 Å².